The van der Waals surface area contributed by atoms with Crippen molar-refractivity contribution >= 4 is 11.6 Å². The van der Waals surface area contributed by atoms with Gasteiger partial charge in [0.2, 0.25) is 0 Å². The molecule has 0 spiro atoms. The molecule has 16 heavy (non-hydrogen) atoms. The first kappa shape index (κ1) is 13.3. The van der Waals surface area contributed by atoms with Crippen LogP contribution in [0.3, 0.4) is 0 Å². The molecule has 1 aromatic rings. The van der Waals surface area contributed by atoms with Gasteiger partial charge in [-0.25, -0.2) is 0 Å². The summed E-state index contributed by atoms with van der Waals surface area (Å²) in [5.41, 5.74) is 0.893. The molecule has 1 atom stereocenters. The van der Waals surface area contributed by atoms with Gasteiger partial charge >= 0.3 is 0 Å². The van der Waals surface area contributed by atoms with Crippen molar-refractivity contribution < 1.29 is 4.74 Å². The minimum Gasteiger partial charge on any atom is -0.488 e. The molecule has 0 aliphatic rings. The van der Waals surface area contributed by atoms with Gasteiger partial charge in [0.05, 0.1) is 0 Å². The van der Waals surface area contributed by atoms with E-state index in [4.69, 9.17) is 16.3 Å². The Morgan fingerprint density at radius 2 is 1.94 bits per heavy atom. The van der Waals surface area contributed by atoms with Gasteiger partial charge in [0.25, 0.3) is 0 Å². The second-order valence-electron chi connectivity index (χ2n) is 4.91. The van der Waals surface area contributed by atoms with Crippen LogP contribution in [0.2, 0.25) is 5.02 Å². The molecule has 1 unspecified atom stereocenters. The van der Waals surface area contributed by atoms with Crippen molar-refractivity contribution in [2.24, 2.45) is 0 Å². The molecule has 0 saturated carbocycles. The van der Waals surface area contributed by atoms with E-state index in [1.165, 1.54) is 0 Å². The van der Waals surface area contributed by atoms with Crippen LogP contribution in [0, 0.1) is 0 Å². The first-order valence-corrected chi connectivity index (χ1v) is 5.87. The van der Waals surface area contributed by atoms with Gasteiger partial charge < -0.3 is 10.1 Å². The normalized spacial score (nSPS) is 13.6. The van der Waals surface area contributed by atoms with Crippen LogP contribution < -0.4 is 10.1 Å². The Morgan fingerprint density at radius 3 is 2.38 bits per heavy atom. The van der Waals surface area contributed by atoms with Gasteiger partial charge in [0.1, 0.15) is 11.4 Å². The van der Waals surface area contributed by atoms with Crippen LogP contribution in [0.4, 0.5) is 0 Å². The van der Waals surface area contributed by atoms with Crippen LogP contribution in [-0.4, -0.2) is 12.6 Å². The van der Waals surface area contributed by atoms with Crippen molar-refractivity contribution in [2.45, 2.75) is 39.3 Å². The number of rotatable bonds is 3. The van der Waals surface area contributed by atoms with E-state index in [0.717, 1.165) is 16.3 Å². The Morgan fingerprint density at radius 1 is 1.31 bits per heavy atom. The molecular weight excluding hydrogens is 222 g/mol. The van der Waals surface area contributed by atoms with Crippen molar-refractivity contribution in [3.63, 3.8) is 0 Å². The molecule has 0 heterocycles. The van der Waals surface area contributed by atoms with E-state index in [2.05, 4.69) is 12.2 Å². The molecule has 0 bridgehead atoms. The maximum atomic E-state index is 6.21. The zero-order valence-electron chi connectivity index (χ0n) is 10.6. The molecule has 90 valence electrons. The molecule has 3 heteroatoms. The van der Waals surface area contributed by atoms with Crippen LogP contribution in [0.1, 0.15) is 39.3 Å². The number of benzene rings is 1. The van der Waals surface area contributed by atoms with E-state index in [1.54, 1.807) is 0 Å². The minimum absolute atomic E-state index is 0.195. The fourth-order valence-electron chi connectivity index (χ4n) is 1.43. The Kier molecular flexibility index (Phi) is 4.22. The van der Waals surface area contributed by atoms with Crippen LogP contribution in [0.25, 0.3) is 0 Å². The maximum Gasteiger partial charge on any atom is 0.121 e. The molecule has 2 nitrogen and oxygen atoms in total. The first-order valence-electron chi connectivity index (χ1n) is 5.49. The Balaban J connectivity index is 2.91. The van der Waals surface area contributed by atoms with E-state index in [-0.39, 0.29) is 11.6 Å². The quantitative estimate of drug-likeness (QED) is 0.869. The van der Waals surface area contributed by atoms with Gasteiger partial charge in [-0.1, -0.05) is 17.7 Å². The highest BCUT2D eigenvalue weighted by Gasteiger charge is 2.14. The molecule has 0 radical (unpaired) electrons. The lowest BCUT2D eigenvalue weighted by molar-refractivity contribution is 0.131. The van der Waals surface area contributed by atoms with Crippen molar-refractivity contribution in [1.29, 1.82) is 0 Å². The van der Waals surface area contributed by atoms with Gasteiger partial charge in [-0.3, -0.25) is 0 Å². The predicted octanol–water partition coefficient (Wildman–Crippen LogP) is 3.80. The molecule has 0 saturated heterocycles. The third kappa shape index (κ3) is 3.69. The van der Waals surface area contributed by atoms with Crippen LogP contribution >= 0.6 is 11.6 Å². The summed E-state index contributed by atoms with van der Waals surface area (Å²) in [6, 6.07) is 6.08. The summed E-state index contributed by atoms with van der Waals surface area (Å²) < 4.78 is 5.75. The van der Waals surface area contributed by atoms with Gasteiger partial charge in [-0.05, 0) is 52.4 Å². The smallest absolute Gasteiger partial charge is 0.121 e. The Bertz CT molecular complexity index is 357. The zero-order chi connectivity index (χ0) is 12.3. The van der Waals surface area contributed by atoms with Gasteiger partial charge in [-0.2, -0.15) is 0 Å². The Hall–Kier alpha value is -0.730. The van der Waals surface area contributed by atoms with Crippen molar-refractivity contribution in [1.82, 2.24) is 5.32 Å². The first-order chi connectivity index (χ1) is 7.33. The summed E-state index contributed by atoms with van der Waals surface area (Å²) in [5, 5.41) is 3.90. The van der Waals surface area contributed by atoms with E-state index in [0.29, 0.717) is 0 Å². The van der Waals surface area contributed by atoms with Crippen LogP contribution in [-0.2, 0) is 0 Å². The lowest BCUT2D eigenvalue weighted by atomic mass is 10.1. The van der Waals surface area contributed by atoms with Crippen molar-refractivity contribution in [2.75, 3.05) is 7.05 Å². The topological polar surface area (TPSA) is 21.3 Å². The summed E-state index contributed by atoms with van der Waals surface area (Å²) in [4.78, 5) is 0. The van der Waals surface area contributed by atoms with Gasteiger partial charge in [0.15, 0.2) is 0 Å². The number of nitrogens with one attached hydrogen (secondary N) is 1. The van der Waals surface area contributed by atoms with Crippen molar-refractivity contribution in [3.05, 3.63) is 28.8 Å². The molecule has 0 fully saturated rings. The summed E-state index contributed by atoms with van der Waals surface area (Å²) >= 11 is 6.21. The summed E-state index contributed by atoms with van der Waals surface area (Å²) in [6.07, 6.45) is 0. The van der Waals surface area contributed by atoms with Crippen LogP contribution in [0.5, 0.6) is 5.75 Å². The molecular formula is C13H20ClNO. The predicted molar refractivity (Wildman–Crippen MR) is 69.3 cm³/mol. The number of hydrogen-bond donors (Lipinski definition) is 1. The molecule has 1 rings (SSSR count). The summed E-state index contributed by atoms with van der Waals surface area (Å²) in [6.45, 7) is 8.13. The van der Waals surface area contributed by atoms with E-state index in [9.17, 15) is 0 Å². The zero-order valence-corrected chi connectivity index (χ0v) is 11.4. The SMILES string of the molecule is CNC(C)c1ccc(OC(C)(C)C)cc1Cl. The van der Waals surface area contributed by atoms with E-state index >= 15 is 0 Å². The molecule has 1 N–H and O–H groups in total. The molecule has 0 aliphatic heterocycles. The van der Waals surface area contributed by atoms with Gasteiger partial charge in [-0.15, -0.1) is 0 Å². The maximum absolute atomic E-state index is 6.21. The van der Waals surface area contributed by atoms with E-state index < -0.39 is 0 Å². The average molecular weight is 242 g/mol. The highest BCUT2D eigenvalue weighted by molar-refractivity contribution is 6.31. The highest BCUT2D eigenvalue weighted by Crippen LogP contribution is 2.28. The highest BCUT2D eigenvalue weighted by atomic mass is 35.5. The summed E-state index contributed by atoms with van der Waals surface area (Å²) in [5.74, 6) is 0.810. The second kappa shape index (κ2) is 5.07. The molecule has 1 aromatic carbocycles. The van der Waals surface area contributed by atoms with E-state index in [1.807, 2.05) is 46.0 Å². The fraction of sp³-hybridized carbons (Fsp3) is 0.538. The number of hydrogen-bond acceptors (Lipinski definition) is 2. The monoisotopic (exact) mass is 241 g/mol. The summed E-state index contributed by atoms with van der Waals surface area (Å²) in [7, 11) is 1.92. The number of halogens is 1. The molecule has 0 aliphatic carbocycles. The molecule has 0 amide bonds. The Labute approximate surface area is 103 Å². The standard InChI is InChI=1S/C13H20ClNO/c1-9(15-5)11-7-6-10(8-12(11)14)16-13(2,3)4/h6-9,15H,1-5H3. The second-order valence-corrected chi connectivity index (χ2v) is 5.32. The fourth-order valence-corrected chi connectivity index (χ4v) is 1.77. The third-order valence-electron chi connectivity index (χ3n) is 2.30. The van der Waals surface area contributed by atoms with Crippen molar-refractivity contribution in [3.8, 4) is 5.75 Å². The number of ether oxygens (including phenoxy) is 1. The largest absolute Gasteiger partial charge is 0.488 e. The minimum atomic E-state index is -0.195. The van der Waals surface area contributed by atoms with Gasteiger partial charge in [0, 0.05) is 11.1 Å². The average Bonchev–Trinajstić information content (AvgIpc) is 2.14. The lowest BCUT2D eigenvalue weighted by Gasteiger charge is -2.22. The lowest BCUT2D eigenvalue weighted by Crippen LogP contribution is -2.23. The molecule has 0 aromatic heterocycles. The van der Waals surface area contributed by atoms with Crippen LogP contribution in [0.15, 0.2) is 18.2 Å². The third-order valence-corrected chi connectivity index (χ3v) is 2.62.